The lowest BCUT2D eigenvalue weighted by Gasteiger charge is -2.29. The third-order valence-electron chi connectivity index (χ3n) is 12.6. The summed E-state index contributed by atoms with van der Waals surface area (Å²) in [5.41, 5.74) is -6.84. The van der Waals surface area contributed by atoms with E-state index in [4.69, 9.17) is 16.6 Å². The van der Waals surface area contributed by atoms with Crippen LogP contribution in [-0.2, 0) is 62.7 Å². The molecule has 3 atom stereocenters. The second-order valence-corrected chi connectivity index (χ2v) is 24.5. The molecule has 1 saturated carbocycles. The van der Waals surface area contributed by atoms with Crippen molar-refractivity contribution in [1.29, 1.82) is 0 Å². The second kappa shape index (κ2) is 18.7. The topological polar surface area (TPSA) is 190 Å². The number of hydrogen-bond donors (Lipinski definition) is 2. The number of carbonyl (C=O) groups is 2. The van der Waals surface area contributed by atoms with Crippen LogP contribution in [0.15, 0.2) is 42.5 Å². The van der Waals surface area contributed by atoms with Crippen LogP contribution < -0.4 is 9.62 Å². The van der Waals surface area contributed by atoms with Crippen molar-refractivity contribution >= 4 is 60.1 Å². The Bertz CT molecular complexity index is 3240. The highest BCUT2D eigenvalue weighted by Gasteiger charge is 2.68. The van der Waals surface area contributed by atoms with Crippen molar-refractivity contribution < 1.29 is 75.4 Å². The summed E-state index contributed by atoms with van der Waals surface area (Å²) in [6.45, 7) is 1.65. The number of fused-ring (bicyclic) bond motifs is 4. The number of amides is 3. The Morgan fingerprint density at radius 3 is 2.11 bits per heavy atom. The first-order valence-electron chi connectivity index (χ1n) is 22.0. The van der Waals surface area contributed by atoms with Crippen molar-refractivity contribution in [3.05, 3.63) is 93.0 Å². The molecule has 3 amide bonds. The van der Waals surface area contributed by atoms with Crippen LogP contribution in [0.2, 0.25) is 5.02 Å². The predicted octanol–water partition coefficient (Wildman–Crippen LogP) is 8.46. The van der Waals surface area contributed by atoms with Gasteiger partial charge in [0, 0.05) is 47.7 Å². The number of aryl methyl sites for hydroxylation is 1. The van der Waals surface area contributed by atoms with E-state index in [1.165, 1.54) is 39.8 Å². The van der Waals surface area contributed by atoms with Crippen molar-refractivity contribution in [2.75, 3.05) is 30.4 Å². The fourth-order valence-electron chi connectivity index (χ4n) is 9.01. The minimum Gasteiger partial charge on any atom is -0.389 e. The molecule has 73 heavy (non-hydrogen) atoms. The lowest BCUT2D eigenvalue weighted by atomic mass is 9.93. The lowest BCUT2D eigenvalue weighted by Crippen LogP contribution is -2.49. The molecule has 0 radical (unpaired) electrons. The number of carbonyl (C=O) groups excluding carboxylic acids is 2. The number of nitrogens with one attached hydrogen (secondary N) is 1. The monoisotopic (exact) mass is 1100 g/mol. The van der Waals surface area contributed by atoms with E-state index in [0.29, 0.717) is 12.3 Å². The van der Waals surface area contributed by atoms with E-state index in [9.17, 15) is 66.7 Å². The first-order chi connectivity index (χ1) is 33.3. The number of sulfonamides is 1. The molecule has 2 aliphatic rings. The molecule has 1 fully saturated rings. The van der Waals surface area contributed by atoms with Gasteiger partial charge in [-0.05, 0) is 89.1 Å². The van der Waals surface area contributed by atoms with Gasteiger partial charge >= 0.3 is 18.4 Å². The molecule has 7 rings (SSSR count). The number of alkyl halides is 8. The van der Waals surface area contributed by atoms with Gasteiger partial charge in [0.2, 0.25) is 15.9 Å². The van der Waals surface area contributed by atoms with Gasteiger partial charge < -0.3 is 15.3 Å². The molecule has 1 unspecified atom stereocenters. The minimum atomic E-state index is -5.21. The largest absolute Gasteiger partial charge is 0.435 e. The fraction of sp³-hybridized carbons (Fsp3) is 0.489. The zero-order valence-corrected chi connectivity index (χ0v) is 42.1. The Hall–Kier alpha value is -5.54. The van der Waals surface area contributed by atoms with Crippen molar-refractivity contribution in [2.24, 2.45) is 5.92 Å². The number of likely N-dealkylation sites (N-methyl/N-ethyl adjacent to an activating group) is 1. The Morgan fingerprint density at radius 2 is 1.55 bits per heavy atom. The molecule has 15 nitrogen and oxygen atoms in total. The Balaban J connectivity index is 1.47. The normalized spacial score (nSPS) is 17.4. The number of nitrogens with zero attached hydrogens (tertiary/aromatic N) is 7. The molecule has 0 saturated heterocycles. The van der Waals surface area contributed by atoms with Gasteiger partial charge in [-0.25, -0.2) is 30.4 Å². The van der Waals surface area contributed by atoms with Gasteiger partial charge in [-0.1, -0.05) is 23.7 Å². The van der Waals surface area contributed by atoms with Gasteiger partial charge in [0.1, 0.15) is 30.4 Å². The summed E-state index contributed by atoms with van der Waals surface area (Å²) >= 11 is 6.68. The number of aliphatic hydroxyl groups is 1. The van der Waals surface area contributed by atoms with Crippen LogP contribution in [0, 0.1) is 17.6 Å². The summed E-state index contributed by atoms with van der Waals surface area (Å²) in [5.74, 6) is -11.0. The average molecular weight is 1100 g/mol. The molecule has 2 aliphatic carbocycles. The van der Waals surface area contributed by atoms with Crippen LogP contribution >= 0.6 is 11.6 Å². The van der Waals surface area contributed by atoms with E-state index in [0.717, 1.165) is 42.5 Å². The van der Waals surface area contributed by atoms with E-state index in [1.54, 1.807) is 0 Å². The van der Waals surface area contributed by atoms with Gasteiger partial charge in [0.25, 0.3) is 5.92 Å². The van der Waals surface area contributed by atoms with Crippen molar-refractivity contribution in [1.82, 2.24) is 34.8 Å². The first kappa shape index (κ1) is 55.2. The molecule has 398 valence electrons. The van der Waals surface area contributed by atoms with E-state index in [1.807, 2.05) is 0 Å². The number of aromatic nitrogens is 5. The molecular weight excluding hydrogens is 1050 g/mol. The number of benzene rings is 2. The Morgan fingerprint density at radius 1 is 0.932 bits per heavy atom. The van der Waals surface area contributed by atoms with Crippen LogP contribution in [-0.4, -0.2) is 106 Å². The van der Waals surface area contributed by atoms with Crippen LogP contribution in [0.5, 0.6) is 0 Å². The quantitative estimate of drug-likeness (QED) is 0.0907. The lowest BCUT2D eigenvalue weighted by molar-refractivity contribution is -0.143. The Kier molecular flexibility index (Phi) is 14.1. The van der Waals surface area contributed by atoms with Gasteiger partial charge in [-0.2, -0.15) is 49.6 Å². The fourth-order valence-corrected chi connectivity index (χ4v) is 10.6. The highest BCUT2D eigenvalue weighted by molar-refractivity contribution is 7.93. The maximum absolute atomic E-state index is 15.6. The summed E-state index contributed by atoms with van der Waals surface area (Å²) in [5, 5.41) is 19.3. The molecule has 5 aromatic rings. The smallest absolute Gasteiger partial charge is 0.389 e. The molecule has 3 heterocycles. The van der Waals surface area contributed by atoms with E-state index in [-0.39, 0.29) is 61.0 Å². The third-order valence-corrected chi connectivity index (χ3v) is 16.1. The molecule has 28 heteroatoms. The average Bonchev–Trinajstić information content (AvgIpc) is 3.73. The zero-order valence-electron chi connectivity index (χ0n) is 39.7. The minimum absolute atomic E-state index is 0.0529. The molecule has 0 spiro atoms. The number of hydrogen-bond acceptors (Lipinski definition) is 10. The van der Waals surface area contributed by atoms with Gasteiger partial charge in [-0.3, -0.25) is 19.1 Å². The number of rotatable bonds is 16. The van der Waals surface area contributed by atoms with Crippen LogP contribution in [0.25, 0.3) is 22.0 Å². The van der Waals surface area contributed by atoms with E-state index >= 15 is 8.78 Å². The number of sulfone groups is 1. The second-order valence-electron chi connectivity index (χ2n) is 19.6. The van der Waals surface area contributed by atoms with E-state index < -0.39 is 155 Å². The highest BCUT2D eigenvalue weighted by atomic mass is 35.5. The maximum Gasteiger partial charge on any atom is 0.435 e. The van der Waals surface area contributed by atoms with Gasteiger partial charge in [0.05, 0.1) is 50.8 Å². The standard InChI is InChI=1S/C45H47ClF10N8O7S2/c1-41(2,67)20-61(5)40(66)64(73(7,70)71)39-34-30(46)11-10-27(36(34)63(60-39)21-43(49,50)51)26-9-8-25(12-13-42(3,4)72(6,68)69)57-35(26)31(16-22-14-23(47)17-24(48)15-22)58-32(65)19-62-38-33(37(59-62)45(54,55)56)28-18-29(28)44(38,52)53/h8-11,14-15,17,28-29,31,67H,12-13,16,18-21H2,1-7H3,(H,58,65)/t28-,29?,31-/m0/s1. The van der Waals surface area contributed by atoms with Crippen molar-refractivity contribution in [3.8, 4) is 11.1 Å². The number of urea groups is 1. The SMILES string of the molecule is CN(CC(C)(C)O)C(=O)N(c1nn(CC(F)(F)F)c2c(-c3ccc(CCC(C)(C)S(C)(=O)=O)nc3[C@H](Cc3cc(F)cc(F)c3)NC(=O)Cn3nc(C(F)(F)F)c4c3C(F)(F)C3C[C@H]43)ccc(Cl)c12)S(C)(=O)=O. The number of pyridine rings is 1. The summed E-state index contributed by atoms with van der Waals surface area (Å²) in [6, 6.07) is 3.85. The molecular formula is C45H47ClF10N8O7S2. The summed E-state index contributed by atoms with van der Waals surface area (Å²) in [7, 11) is -7.47. The van der Waals surface area contributed by atoms with Crippen molar-refractivity contribution in [2.45, 2.75) is 107 Å². The first-order valence-corrected chi connectivity index (χ1v) is 26.1. The van der Waals surface area contributed by atoms with E-state index in [2.05, 4.69) is 15.5 Å². The third kappa shape index (κ3) is 11.4. The van der Waals surface area contributed by atoms with Crippen molar-refractivity contribution in [3.63, 3.8) is 0 Å². The molecule has 3 aromatic heterocycles. The van der Waals surface area contributed by atoms with Gasteiger partial charge in [-0.15, -0.1) is 0 Å². The molecule has 0 bridgehead atoms. The van der Waals surface area contributed by atoms with Gasteiger partial charge in [0.15, 0.2) is 21.3 Å². The Labute approximate surface area is 416 Å². The highest BCUT2D eigenvalue weighted by Crippen LogP contribution is 2.68. The molecule has 2 N–H and O–H groups in total. The zero-order chi connectivity index (χ0) is 54.5. The van der Waals surface area contributed by atoms with Crippen LogP contribution in [0.4, 0.5) is 54.5 Å². The number of anilines is 1. The maximum atomic E-state index is 15.6. The summed E-state index contributed by atoms with van der Waals surface area (Å²) in [4.78, 5) is 33.7. The molecule has 2 aromatic carbocycles. The molecule has 0 aliphatic heterocycles. The van der Waals surface area contributed by atoms with Crippen LogP contribution in [0.1, 0.15) is 86.4 Å². The summed E-state index contributed by atoms with van der Waals surface area (Å²) in [6.07, 6.45) is -10.0. The van der Waals surface area contributed by atoms with Crippen LogP contribution in [0.3, 0.4) is 0 Å². The number of halogens is 11. The summed E-state index contributed by atoms with van der Waals surface area (Å²) < 4.78 is 199. The predicted molar refractivity (Wildman–Crippen MR) is 246 cm³/mol.